The van der Waals surface area contributed by atoms with E-state index in [0.717, 1.165) is 13.2 Å². The molecular formula is C14H29NO2. The minimum Gasteiger partial charge on any atom is -0.395 e. The van der Waals surface area contributed by atoms with Crippen molar-refractivity contribution in [2.45, 2.75) is 64.5 Å². The van der Waals surface area contributed by atoms with Crippen LogP contribution in [0.5, 0.6) is 0 Å². The van der Waals surface area contributed by atoms with E-state index in [4.69, 9.17) is 4.74 Å². The molecule has 102 valence electrons. The second-order valence-electron chi connectivity index (χ2n) is 5.20. The third-order valence-corrected chi connectivity index (χ3v) is 3.78. The standard InChI is InChI=1S/C14H29NO2/c1-3-4-5-6-7-8-13(2)15-9-10-17-12-14(15)11-16/h13-14,16H,3-12H2,1-2H3. The van der Waals surface area contributed by atoms with Gasteiger partial charge in [-0.1, -0.05) is 39.0 Å². The number of ether oxygens (including phenoxy) is 1. The van der Waals surface area contributed by atoms with E-state index < -0.39 is 0 Å². The molecule has 2 unspecified atom stereocenters. The first-order valence-corrected chi connectivity index (χ1v) is 7.24. The van der Waals surface area contributed by atoms with E-state index in [-0.39, 0.29) is 12.6 Å². The van der Waals surface area contributed by atoms with E-state index in [1.54, 1.807) is 0 Å². The van der Waals surface area contributed by atoms with Gasteiger partial charge in [-0.3, -0.25) is 4.90 Å². The molecule has 0 aromatic rings. The Bertz CT molecular complexity index is 187. The van der Waals surface area contributed by atoms with Gasteiger partial charge in [-0.2, -0.15) is 0 Å². The molecule has 0 radical (unpaired) electrons. The van der Waals surface area contributed by atoms with Crippen molar-refractivity contribution >= 4 is 0 Å². The third-order valence-electron chi connectivity index (χ3n) is 3.78. The largest absolute Gasteiger partial charge is 0.395 e. The summed E-state index contributed by atoms with van der Waals surface area (Å²) in [5, 5.41) is 9.33. The number of hydrogen-bond acceptors (Lipinski definition) is 3. The maximum atomic E-state index is 9.33. The lowest BCUT2D eigenvalue weighted by atomic mass is 10.0. The molecule has 1 heterocycles. The zero-order chi connectivity index (χ0) is 12.5. The summed E-state index contributed by atoms with van der Waals surface area (Å²) in [5.74, 6) is 0. The summed E-state index contributed by atoms with van der Waals surface area (Å²) in [5.41, 5.74) is 0. The van der Waals surface area contributed by atoms with Crippen molar-refractivity contribution in [3.05, 3.63) is 0 Å². The molecule has 1 aliphatic rings. The van der Waals surface area contributed by atoms with Gasteiger partial charge in [-0.05, 0) is 13.3 Å². The van der Waals surface area contributed by atoms with Gasteiger partial charge < -0.3 is 9.84 Å². The average Bonchev–Trinajstić information content (AvgIpc) is 2.38. The molecule has 1 N–H and O–H groups in total. The Kier molecular flexibility index (Phi) is 7.82. The Morgan fingerprint density at radius 1 is 1.29 bits per heavy atom. The predicted molar refractivity (Wildman–Crippen MR) is 71.2 cm³/mol. The molecule has 1 fully saturated rings. The van der Waals surface area contributed by atoms with Crippen LogP contribution in [0, 0.1) is 0 Å². The summed E-state index contributed by atoms with van der Waals surface area (Å²) in [7, 11) is 0. The summed E-state index contributed by atoms with van der Waals surface area (Å²) in [6, 6.07) is 0.798. The van der Waals surface area contributed by atoms with Crippen molar-refractivity contribution in [3.8, 4) is 0 Å². The lowest BCUT2D eigenvalue weighted by molar-refractivity contribution is -0.0456. The van der Waals surface area contributed by atoms with E-state index in [1.165, 1.54) is 38.5 Å². The highest BCUT2D eigenvalue weighted by Crippen LogP contribution is 2.16. The first-order valence-electron chi connectivity index (χ1n) is 7.24. The molecule has 3 heteroatoms. The fourth-order valence-electron chi connectivity index (χ4n) is 2.61. The van der Waals surface area contributed by atoms with Crippen molar-refractivity contribution in [3.63, 3.8) is 0 Å². The number of morpholine rings is 1. The van der Waals surface area contributed by atoms with E-state index in [1.807, 2.05) is 0 Å². The fraction of sp³-hybridized carbons (Fsp3) is 1.00. The molecule has 0 aromatic carbocycles. The van der Waals surface area contributed by atoms with Gasteiger partial charge in [0.1, 0.15) is 0 Å². The van der Waals surface area contributed by atoms with Crippen LogP contribution in [0.2, 0.25) is 0 Å². The lowest BCUT2D eigenvalue weighted by Gasteiger charge is -2.38. The molecule has 17 heavy (non-hydrogen) atoms. The summed E-state index contributed by atoms with van der Waals surface area (Å²) in [6.07, 6.45) is 7.97. The normalized spacial score (nSPS) is 23.8. The first-order chi connectivity index (χ1) is 8.29. The predicted octanol–water partition coefficient (Wildman–Crippen LogP) is 2.43. The summed E-state index contributed by atoms with van der Waals surface area (Å²) >= 11 is 0. The maximum absolute atomic E-state index is 9.33. The van der Waals surface area contributed by atoms with Crippen molar-refractivity contribution in [2.24, 2.45) is 0 Å². The molecule has 0 bridgehead atoms. The Balaban J connectivity index is 2.18. The van der Waals surface area contributed by atoms with E-state index in [2.05, 4.69) is 18.7 Å². The molecule has 0 spiro atoms. The molecule has 0 saturated carbocycles. The Labute approximate surface area is 106 Å². The third kappa shape index (κ3) is 5.36. The molecule has 3 nitrogen and oxygen atoms in total. The zero-order valence-corrected chi connectivity index (χ0v) is 11.5. The highest BCUT2D eigenvalue weighted by Gasteiger charge is 2.25. The summed E-state index contributed by atoms with van der Waals surface area (Å²) < 4.78 is 5.41. The lowest BCUT2D eigenvalue weighted by Crippen LogP contribution is -2.51. The van der Waals surface area contributed by atoms with Crippen molar-refractivity contribution in [2.75, 3.05) is 26.4 Å². The van der Waals surface area contributed by atoms with Gasteiger partial charge in [0.15, 0.2) is 0 Å². The Hall–Kier alpha value is -0.120. The van der Waals surface area contributed by atoms with Gasteiger partial charge >= 0.3 is 0 Å². The molecule has 0 amide bonds. The average molecular weight is 243 g/mol. The van der Waals surface area contributed by atoms with E-state index >= 15 is 0 Å². The minimum absolute atomic E-state index is 0.217. The number of hydrogen-bond donors (Lipinski definition) is 1. The van der Waals surface area contributed by atoms with Gasteiger partial charge in [-0.15, -0.1) is 0 Å². The van der Waals surface area contributed by atoms with Crippen LogP contribution in [-0.4, -0.2) is 48.5 Å². The van der Waals surface area contributed by atoms with Crippen LogP contribution in [0.3, 0.4) is 0 Å². The molecule has 1 rings (SSSR count). The van der Waals surface area contributed by atoms with Crippen molar-refractivity contribution < 1.29 is 9.84 Å². The fourth-order valence-corrected chi connectivity index (χ4v) is 2.61. The van der Waals surface area contributed by atoms with Crippen LogP contribution in [-0.2, 0) is 4.74 Å². The number of aliphatic hydroxyl groups is 1. The quantitative estimate of drug-likeness (QED) is 0.665. The highest BCUT2D eigenvalue weighted by molar-refractivity contribution is 4.79. The summed E-state index contributed by atoms with van der Waals surface area (Å²) in [6.45, 7) is 7.24. The van der Waals surface area contributed by atoms with Crippen molar-refractivity contribution in [1.82, 2.24) is 4.90 Å². The van der Waals surface area contributed by atoms with Gasteiger partial charge in [-0.25, -0.2) is 0 Å². The summed E-state index contributed by atoms with van der Waals surface area (Å²) in [4.78, 5) is 2.42. The minimum atomic E-state index is 0.217. The van der Waals surface area contributed by atoms with Crippen LogP contribution in [0.1, 0.15) is 52.4 Å². The Morgan fingerprint density at radius 3 is 2.76 bits per heavy atom. The molecule has 0 aliphatic carbocycles. The topological polar surface area (TPSA) is 32.7 Å². The number of rotatable bonds is 8. The van der Waals surface area contributed by atoms with E-state index in [0.29, 0.717) is 12.6 Å². The number of nitrogens with zero attached hydrogens (tertiary/aromatic N) is 1. The van der Waals surface area contributed by atoms with Gasteiger partial charge in [0, 0.05) is 12.6 Å². The Morgan fingerprint density at radius 2 is 2.06 bits per heavy atom. The van der Waals surface area contributed by atoms with Crippen LogP contribution in [0.4, 0.5) is 0 Å². The van der Waals surface area contributed by atoms with Crippen LogP contribution in [0.15, 0.2) is 0 Å². The van der Waals surface area contributed by atoms with Crippen molar-refractivity contribution in [1.29, 1.82) is 0 Å². The van der Waals surface area contributed by atoms with Gasteiger partial charge in [0.2, 0.25) is 0 Å². The van der Waals surface area contributed by atoms with Crippen LogP contribution in [0.25, 0.3) is 0 Å². The monoisotopic (exact) mass is 243 g/mol. The zero-order valence-electron chi connectivity index (χ0n) is 11.5. The van der Waals surface area contributed by atoms with Crippen LogP contribution >= 0.6 is 0 Å². The SMILES string of the molecule is CCCCCCCC(C)N1CCOCC1CO. The van der Waals surface area contributed by atoms with Crippen LogP contribution < -0.4 is 0 Å². The highest BCUT2D eigenvalue weighted by atomic mass is 16.5. The van der Waals surface area contributed by atoms with E-state index in [9.17, 15) is 5.11 Å². The second kappa shape index (κ2) is 8.90. The molecule has 2 atom stereocenters. The van der Waals surface area contributed by atoms with Gasteiger partial charge in [0.25, 0.3) is 0 Å². The first kappa shape index (κ1) is 14.9. The number of aliphatic hydroxyl groups excluding tert-OH is 1. The van der Waals surface area contributed by atoms with Gasteiger partial charge in [0.05, 0.1) is 25.9 Å². The second-order valence-corrected chi connectivity index (χ2v) is 5.20. The number of unbranched alkanes of at least 4 members (excludes halogenated alkanes) is 4. The molecule has 1 aliphatic heterocycles. The smallest absolute Gasteiger partial charge is 0.0644 e. The maximum Gasteiger partial charge on any atom is 0.0644 e. The molecular weight excluding hydrogens is 214 g/mol. The molecule has 0 aromatic heterocycles. The molecule has 1 saturated heterocycles.